The van der Waals surface area contributed by atoms with Gasteiger partial charge in [0.25, 0.3) is 0 Å². The van der Waals surface area contributed by atoms with Crippen molar-refractivity contribution in [3.8, 4) is 5.69 Å². The van der Waals surface area contributed by atoms with Crippen LogP contribution >= 0.6 is 34.7 Å². The van der Waals surface area contributed by atoms with Crippen LogP contribution in [0.3, 0.4) is 0 Å². The minimum Gasteiger partial charge on any atom is -0.300 e. The van der Waals surface area contributed by atoms with Gasteiger partial charge in [0.2, 0.25) is 11.0 Å². The number of rotatable bonds is 6. The van der Waals surface area contributed by atoms with Crippen molar-refractivity contribution in [1.82, 2.24) is 29.9 Å². The number of hydrogen-bond donors (Lipinski definition) is 1. The minimum absolute atomic E-state index is 0.169. The van der Waals surface area contributed by atoms with Crippen molar-refractivity contribution in [3.63, 3.8) is 0 Å². The maximum absolute atomic E-state index is 12.2. The molecule has 0 saturated carbocycles. The number of amides is 1. The van der Waals surface area contributed by atoms with Gasteiger partial charge in [-0.2, -0.15) is 5.10 Å². The highest BCUT2D eigenvalue weighted by Gasteiger charge is 2.14. The van der Waals surface area contributed by atoms with Crippen LogP contribution in [0.5, 0.6) is 0 Å². The molecular formula is C17H14ClN7OS2. The summed E-state index contributed by atoms with van der Waals surface area (Å²) in [6.45, 7) is 1.99. The van der Waals surface area contributed by atoms with Crippen molar-refractivity contribution in [1.29, 1.82) is 0 Å². The van der Waals surface area contributed by atoms with E-state index in [-0.39, 0.29) is 11.7 Å². The lowest BCUT2D eigenvalue weighted by molar-refractivity contribution is -0.113. The Morgan fingerprint density at radius 1 is 1.32 bits per heavy atom. The molecule has 0 aliphatic heterocycles. The molecule has 4 aromatic rings. The summed E-state index contributed by atoms with van der Waals surface area (Å²) in [5.74, 6) is 0.0213. The van der Waals surface area contributed by atoms with E-state index in [9.17, 15) is 4.79 Å². The molecule has 0 atom stereocenters. The van der Waals surface area contributed by atoms with Crippen LogP contribution < -0.4 is 5.32 Å². The third-order valence-corrected chi connectivity index (χ3v) is 5.96. The molecule has 0 fully saturated rings. The van der Waals surface area contributed by atoms with Gasteiger partial charge >= 0.3 is 0 Å². The lowest BCUT2D eigenvalue weighted by atomic mass is 10.3. The standard InChI is InChI=1S/C17H14ClN7OS2/c1-2-14-23-24-17(28-14)22-13(26)8-27-16-12-7-21-25(15(12)19-9-20-16)11-5-3-4-10(18)6-11/h3-7,9H,2,8H2,1H3,(H,22,24,26). The molecule has 0 aliphatic carbocycles. The Balaban J connectivity index is 1.51. The monoisotopic (exact) mass is 431 g/mol. The Hall–Kier alpha value is -2.56. The molecule has 28 heavy (non-hydrogen) atoms. The summed E-state index contributed by atoms with van der Waals surface area (Å²) in [4.78, 5) is 20.8. The van der Waals surface area contributed by atoms with E-state index in [4.69, 9.17) is 11.6 Å². The van der Waals surface area contributed by atoms with E-state index in [1.165, 1.54) is 29.4 Å². The van der Waals surface area contributed by atoms with Gasteiger partial charge in [-0.1, -0.05) is 47.7 Å². The molecule has 4 rings (SSSR count). The Labute approximate surface area is 173 Å². The third kappa shape index (κ3) is 3.98. The zero-order valence-electron chi connectivity index (χ0n) is 14.7. The van der Waals surface area contributed by atoms with Gasteiger partial charge in [0, 0.05) is 5.02 Å². The highest BCUT2D eigenvalue weighted by molar-refractivity contribution is 8.00. The first-order valence-corrected chi connectivity index (χ1v) is 10.5. The molecule has 8 nitrogen and oxygen atoms in total. The van der Waals surface area contributed by atoms with Crippen molar-refractivity contribution in [2.45, 2.75) is 18.4 Å². The number of aryl methyl sites for hydroxylation is 1. The topological polar surface area (TPSA) is 98.5 Å². The minimum atomic E-state index is -0.169. The second-order valence-electron chi connectivity index (χ2n) is 5.64. The van der Waals surface area contributed by atoms with Crippen LogP contribution in [0, 0.1) is 0 Å². The fourth-order valence-electron chi connectivity index (χ4n) is 2.47. The van der Waals surface area contributed by atoms with E-state index in [1.807, 2.05) is 25.1 Å². The number of halogens is 1. The summed E-state index contributed by atoms with van der Waals surface area (Å²) in [6, 6.07) is 7.35. The molecule has 11 heteroatoms. The lowest BCUT2D eigenvalue weighted by Crippen LogP contribution is -2.14. The van der Waals surface area contributed by atoms with Gasteiger partial charge < -0.3 is 0 Å². The number of nitrogens with zero attached hydrogens (tertiary/aromatic N) is 6. The molecule has 0 unspecified atom stereocenters. The molecule has 142 valence electrons. The second kappa shape index (κ2) is 8.21. The summed E-state index contributed by atoms with van der Waals surface area (Å²) in [6.07, 6.45) is 3.94. The van der Waals surface area contributed by atoms with Gasteiger partial charge in [-0.25, -0.2) is 14.6 Å². The van der Waals surface area contributed by atoms with E-state index in [0.717, 1.165) is 22.5 Å². The Morgan fingerprint density at radius 2 is 2.21 bits per heavy atom. The van der Waals surface area contributed by atoms with Crippen molar-refractivity contribution in [2.24, 2.45) is 0 Å². The van der Waals surface area contributed by atoms with E-state index >= 15 is 0 Å². The molecule has 0 saturated heterocycles. The molecule has 3 aromatic heterocycles. The molecule has 0 spiro atoms. The fraction of sp³-hybridized carbons (Fsp3) is 0.176. The van der Waals surface area contributed by atoms with Gasteiger partial charge in [-0.3, -0.25) is 10.1 Å². The van der Waals surface area contributed by atoms with Gasteiger partial charge in [-0.15, -0.1) is 10.2 Å². The molecule has 0 bridgehead atoms. The number of anilines is 1. The molecule has 1 aromatic carbocycles. The predicted octanol–water partition coefficient (Wildman–Crippen LogP) is 3.61. The van der Waals surface area contributed by atoms with E-state index < -0.39 is 0 Å². The predicted molar refractivity (Wildman–Crippen MR) is 110 cm³/mol. The Bertz CT molecular complexity index is 1140. The first-order valence-electron chi connectivity index (χ1n) is 8.33. The van der Waals surface area contributed by atoms with Crippen molar-refractivity contribution < 1.29 is 4.79 Å². The number of benzene rings is 1. The second-order valence-corrected chi connectivity index (χ2v) is 8.11. The molecule has 1 amide bonds. The number of aromatic nitrogens is 6. The fourth-order valence-corrected chi connectivity index (χ4v) is 4.11. The van der Waals surface area contributed by atoms with Gasteiger partial charge in [-0.05, 0) is 24.6 Å². The first kappa shape index (κ1) is 18.8. The van der Waals surface area contributed by atoms with Crippen molar-refractivity contribution >= 4 is 56.8 Å². The molecule has 0 aliphatic rings. The molecule has 3 heterocycles. The number of thioether (sulfide) groups is 1. The molecule has 1 N–H and O–H groups in total. The van der Waals surface area contributed by atoms with Crippen LogP contribution in [0.25, 0.3) is 16.7 Å². The molecular weight excluding hydrogens is 418 g/mol. The van der Waals surface area contributed by atoms with E-state index in [1.54, 1.807) is 16.9 Å². The zero-order valence-corrected chi connectivity index (χ0v) is 17.1. The van der Waals surface area contributed by atoms with Crippen molar-refractivity contribution in [2.75, 3.05) is 11.1 Å². The number of fused-ring (bicyclic) bond motifs is 1. The number of carbonyl (C=O) groups is 1. The summed E-state index contributed by atoms with van der Waals surface area (Å²) >= 11 is 8.76. The Kier molecular flexibility index (Phi) is 5.51. The van der Waals surface area contributed by atoms with Gasteiger partial charge in [0.1, 0.15) is 16.4 Å². The van der Waals surface area contributed by atoms with Gasteiger partial charge in [0.05, 0.1) is 23.0 Å². The SMILES string of the molecule is CCc1nnc(NC(=O)CSc2ncnc3c2cnn3-c2cccc(Cl)c2)s1. The summed E-state index contributed by atoms with van der Waals surface area (Å²) < 4.78 is 1.69. The van der Waals surface area contributed by atoms with Crippen LogP contribution in [0.4, 0.5) is 5.13 Å². The maximum Gasteiger partial charge on any atom is 0.236 e. The number of carbonyl (C=O) groups excluding carboxylic acids is 1. The highest BCUT2D eigenvalue weighted by atomic mass is 35.5. The largest absolute Gasteiger partial charge is 0.300 e. The molecule has 0 radical (unpaired) electrons. The average Bonchev–Trinajstić information content (AvgIpc) is 3.33. The summed E-state index contributed by atoms with van der Waals surface area (Å²) in [5.41, 5.74) is 1.45. The first-order chi connectivity index (χ1) is 13.6. The maximum atomic E-state index is 12.2. The Morgan fingerprint density at radius 3 is 3.00 bits per heavy atom. The number of nitrogens with one attached hydrogen (secondary N) is 1. The van der Waals surface area contributed by atoms with Crippen LogP contribution in [-0.2, 0) is 11.2 Å². The zero-order chi connectivity index (χ0) is 19.5. The van der Waals surface area contributed by atoms with Crippen LogP contribution in [0.1, 0.15) is 11.9 Å². The summed E-state index contributed by atoms with van der Waals surface area (Å²) in [5, 5.41) is 18.6. The van der Waals surface area contributed by atoms with Crippen LogP contribution in [0.15, 0.2) is 41.8 Å². The summed E-state index contributed by atoms with van der Waals surface area (Å²) in [7, 11) is 0. The van der Waals surface area contributed by atoms with Crippen LogP contribution in [0.2, 0.25) is 5.02 Å². The highest BCUT2D eigenvalue weighted by Crippen LogP contribution is 2.26. The van der Waals surface area contributed by atoms with Gasteiger partial charge in [0.15, 0.2) is 5.65 Å². The average molecular weight is 432 g/mol. The van der Waals surface area contributed by atoms with E-state index in [0.29, 0.717) is 20.8 Å². The smallest absolute Gasteiger partial charge is 0.236 e. The third-order valence-electron chi connectivity index (χ3n) is 3.74. The van der Waals surface area contributed by atoms with Crippen LogP contribution in [-0.4, -0.2) is 41.6 Å². The van der Waals surface area contributed by atoms with E-state index in [2.05, 4.69) is 30.6 Å². The number of hydrogen-bond acceptors (Lipinski definition) is 8. The lowest BCUT2D eigenvalue weighted by Gasteiger charge is -2.04. The normalized spacial score (nSPS) is 11.1. The quantitative estimate of drug-likeness (QED) is 0.367. The van der Waals surface area contributed by atoms with Crippen molar-refractivity contribution in [3.05, 3.63) is 46.8 Å².